The van der Waals surface area contributed by atoms with Crippen molar-refractivity contribution >= 4 is 21.6 Å². The first-order valence-electron chi connectivity index (χ1n) is 7.87. The van der Waals surface area contributed by atoms with E-state index >= 15 is 0 Å². The van der Waals surface area contributed by atoms with Crippen LogP contribution in [0.15, 0.2) is 17.0 Å². The van der Waals surface area contributed by atoms with Gasteiger partial charge in [-0.05, 0) is 19.1 Å². The molecule has 1 saturated heterocycles. The summed E-state index contributed by atoms with van der Waals surface area (Å²) in [6.07, 6.45) is 0.709. The van der Waals surface area contributed by atoms with Gasteiger partial charge in [0.1, 0.15) is 11.9 Å². The summed E-state index contributed by atoms with van der Waals surface area (Å²) in [7, 11) is -3.55. The van der Waals surface area contributed by atoms with Crippen molar-refractivity contribution in [2.24, 2.45) is 0 Å². The van der Waals surface area contributed by atoms with E-state index in [1.54, 1.807) is 6.07 Å². The number of nitrogens with zero attached hydrogens (tertiary/aromatic N) is 1. The molecule has 1 unspecified atom stereocenters. The van der Waals surface area contributed by atoms with Gasteiger partial charge in [-0.15, -0.1) is 0 Å². The zero-order valence-corrected chi connectivity index (χ0v) is 14.7. The van der Waals surface area contributed by atoms with Crippen LogP contribution < -0.4 is 14.8 Å². The Morgan fingerprint density at radius 2 is 2.13 bits per heavy atom. The molecule has 1 fully saturated rings. The van der Waals surface area contributed by atoms with Crippen LogP contribution in [0.1, 0.15) is 12.5 Å². The number of rotatable bonds is 5. The fourth-order valence-electron chi connectivity index (χ4n) is 2.97. The van der Waals surface area contributed by atoms with Crippen molar-refractivity contribution in [2.75, 3.05) is 39.3 Å². The Hall–Kier alpha value is -0.860. The molecule has 1 aromatic carbocycles. The normalized spacial score (nSPS) is 21.9. The molecular weight excluding hydrogens is 338 g/mol. The quantitative estimate of drug-likeness (QED) is 0.815. The van der Waals surface area contributed by atoms with Crippen molar-refractivity contribution in [3.63, 3.8) is 0 Å². The first-order valence-corrected chi connectivity index (χ1v) is 9.73. The van der Waals surface area contributed by atoms with Crippen LogP contribution >= 0.6 is 11.6 Å². The predicted octanol–water partition coefficient (Wildman–Crippen LogP) is 0.847. The van der Waals surface area contributed by atoms with Crippen LogP contribution in [-0.4, -0.2) is 58.7 Å². The van der Waals surface area contributed by atoms with Gasteiger partial charge in [0.25, 0.3) is 0 Å². The van der Waals surface area contributed by atoms with Crippen LogP contribution in [0.2, 0.25) is 5.02 Å². The number of benzene rings is 1. The van der Waals surface area contributed by atoms with Crippen LogP contribution in [0.25, 0.3) is 0 Å². The number of piperazine rings is 1. The predicted molar refractivity (Wildman–Crippen MR) is 89.7 cm³/mol. The first kappa shape index (κ1) is 17.0. The molecule has 0 aromatic heterocycles. The molecule has 2 N–H and O–H groups in total. The van der Waals surface area contributed by atoms with Crippen LogP contribution in [-0.2, 0) is 16.4 Å². The molecule has 0 bridgehead atoms. The molecule has 8 heteroatoms. The maximum atomic E-state index is 12.5. The molecule has 128 valence electrons. The molecule has 23 heavy (non-hydrogen) atoms. The molecule has 0 amide bonds. The third kappa shape index (κ3) is 3.97. The topological polar surface area (TPSA) is 70.7 Å². The molecule has 0 spiro atoms. The van der Waals surface area contributed by atoms with E-state index in [0.717, 1.165) is 31.7 Å². The third-order valence-electron chi connectivity index (χ3n) is 4.16. The van der Waals surface area contributed by atoms with Crippen LogP contribution in [0.3, 0.4) is 0 Å². The van der Waals surface area contributed by atoms with Gasteiger partial charge in [-0.2, -0.15) is 0 Å². The number of hydrogen-bond acceptors (Lipinski definition) is 5. The van der Waals surface area contributed by atoms with Crippen LogP contribution in [0.5, 0.6) is 5.75 Å². The zero-order valence-electron chi connectivity index (χ0n) is 13.1. The van der Waals surface area contributed by atoms with Gasteiger partial charge in [-0.25, -0.2) is 13.1 Å². The van der Waals surface area contributed by atoms with Crippen molar-refractivity contribution in [1.82, 2.24) is 14.9 Å². The Morgan fingerprint density at radius 1 is 1.39 bits per heavy atom. The van der Waals surface area contributed by atoms with E-state index in [9.17, 15) is 8.42 Å². The smallest absolute Gasteiger partial charge is 0.240 e. The summed E-state index contributed by atoms with van der Waals surface area (Å²) in [6, 6.07) is 3.13. The SMILES string of the molecule is CC1Cc2cc(S(=O)(=O)NCCN3CCNCC3)cc(Cl)c2O1. The fourth-order valence-corrected chi connectivity index (χ4v) is 4.42. The summed E-state index contributed by atoms with van der Waals surface area (Å²) in [5.41, 5.74) is 0.854. The molecule has 6 nitrogen and oxygen atoms in total. The van der Waals surface area contributed by atoms with Gasteiger partial charge < -0.3 is 10.1 Å². The first-order chi connectivity index (χ1) is 11.0. The Bertz CT molecular complexity index is 675. The van der Waals surface area contributed by atoms with E-state index in [0.29, 0.717) is 30.3 Å². The average molecular weight is 360 g/mol. The Morgan fingerprint density at radius 3 is 2.87 bits per heavy atom. The number of halogens is 1. The molecule has 2 aliphatic heterocycles. The van der Waals surface area contributed by atoms with Crippen molar-refractivity contribution < 1.29 is 13.2 Å². The number of ether oxygens (including phenoxy) is 1. The van der Waals surface area contributed by atoms with Gasteiger partial charge in [0.15, 0.2) is 0 Å². The van der Waals surface area contributed by atoms with E-state index in [1.807, 2.05) is 6.92 Å². The summed E-state index contributed by atoms with van der Waals surface area (Å²) in [4.78, 5) is 2.45. The van der Waals surface area contributed by atoms with Crippen LogP contribution in [0.4, 0.5) is 0 Å². The highest BCUT2D eigenvalue weighted by molar-refractivity contribution is 7.89. The Kier molecular flexibility index (Phi) is 5.13. The number of fused-ring (bicyclic) bond motifs is 1. The Balaban J connectivity index is 1.65. The number of hydrogen-bond donors (Lipinski definition) is 2. The average Bonchev–Trinajstić information content (AvgIpc) is 2.89. The highest BCUT2D eigenvalue weighted by Gasteiger charge is 2.26. The van der Waals surface area contributed by atoms with E-state index < -0.39 is 10.0 Å². The molecule has 3 rings (SSSR count). The maximum absolute atomic E-state index is 12.5. The van der Waals surface area contributed by atoms with Gasteiger partial charge in [-0.1, -0.05) is 11.6 Å². The van der Waals surface area contributed by atoms with Crippen LogP contribution in [0, 0.1) is 0 Å². The summed E-state index contributed by atoms with van der Waals surface area (Å²) in [5.74, 6) is 0.610. The number of nitrogens with one attached hydrogen (secondary N) is 2. The van der Waals surface area contributed by atoms with Crippen molar-refractivity contribution in [3.8, 4) is 5.75 Å². The summed E-state index contributed by atoms with van der Waals surface area (Å²) < 4.78 is 33.2. The van der Waals surface area contributed by atoms with Gasteiger partial charge in [0, 0.05) is 51.3 Å². The standard InChI is InChI=1S/C15H22ClN3O3S/c1-11-8-12-9-13(10-14(16)15(12)22-11)23(20,21)18-4-7-19-5-2-17-3-6-19/h9-11,17-18H,2-8H2,1H3. The Labute approximate surface area is 142 Å². The molecule has 0 aliphatic carbocycles. The number of sulfonamides is 1. The molecule has 2 heterocycles. The lowest BCUT2D eigenvalue weighted by Gasteiger charge is -2.27. The summed E-state index contributed by atoms with van der Waals surface area (Å²) >= 11 is 6.17. The summed E-state index contributed by atoms with van der Waals surface area (Å²) in [5, 5.41) is 3.63. The second kappa shape index (κ2) is 6.94. The van der Waals surface area contributed by atoms with Gasteiger partial charge in [0.05, 0.1) is 9.92 Å². The lowest BCUT2D eigenvalue weighted by molar-refractivity contribution is 0.245. The second-order valence-electron chi connectivity index (χ2n) is 6.02. The second-order valence-corrected chi connectivity index (χ2v) is 8.19. The molecule has 0 radical (unpaired) electrons. The minimum absolute atomic E-state index is 0.0288. The van der Waals surface area contributed by atoms with Gasteiger partial charge in [-0.3, -0.25) is 4.90 Å². The molecule has 0 saturated carbocycles. The fraction of sp³-hybridized carbons (Fsp3) is 0.600. The highest BCUT2D eigenvalue weighted by atomic mass is 35.5. The molecule has 1 aromatic rings. The van der Waals surface area contributed by atoms with Gasteiger partial charge >= 0.3 is 0 Å². The minimum Gasteiger partial charge on any atom is -0.489 e. The molecule has 1 atom stereocenters. The third-order valence-corrected chi connectivity index (χ3v) is 5.88. The van der Waals surface area contributed by atoms with Crippen molar-refractivity contribution in [1.29, 1.82) is 0 Å². The molecule has 2 aliphatic rings. The van der Waals surface area contributed by atoms with E-state index in [2.05, 4.69) is 14.9 Å². The van der Waals surface area contributed by atoms with Crippen molar-refractivity contribution in [2.45, 2.75) is 24.3 Å². The lowest BCUT2D eigenvalue weighted by Crippen LogP contribution is -2.46. The lowest BCUT2D eigenvalue weighted by atomic mass is 10.1. The summed E-state index contributed by atoms with van der Waals surface area (Å²) in [6.45, 7) is 6.83. The zero-order chi connectivity index (χ0) is 16.4. The van der Waals surface area contributed by atoms with E-state index in [1.165, 1.54) is 6.07 Å². The monoisotopic (exact) mass is 359 g/mol. The molecular formula is C15H22ClN3O3S. The minimum atomic E-state index is -3.55. The highest BCUT2D eigenvalue weighted by Crippen LogP contribution is 2.37. The van der Waals surface area contributed by atoms with E-state index in [-0.39, 0.29) is 11.0 Å². The van der Waals surface area contributed by atoms with E-state index in [4.69, 9.17) is 16.3 Å². The largest absolute Gasteiger partial charge is 0.489 e. The van der Waals surface area contributed by atoms with Crippen molar-refractivity contribution in [3.05, 3.63) is 22.7 Å². The maximum Gasteiger partial charge on any atom is 0.240 e. The van der Waals surface area contributed by atoms with Gasteiger partial charge in [0.2, 0.25) is 10.0 Å².